The van der Waals surface area contributed by atoms with Crippen LogP contribution >= 0.6 is 0 Å². The first-order valence-electron chi connectivity index (χ1n) is 5.58. The van der Waals surface area contributed by atoms with E-state index < -0.39 is 11.7 Å². The van der Waals surface area contributed by atoms with Crippen LogP contribution in [0.1, 0.15) is 5.56 Å². The van der Waals surface area contributed by atoms with Crippen LogP contribution in [0.25, 0.3) is 17.0 Å². The highest BCUT2D eigenvalue weighted by Crippen LogP contribution is 2.31. The quantitative estimate of drug-likeness (QED) is 0.742. The van der Waals surface area contributed by atoms with E-state index in [1.165, 1.54) is 6.20 Å². The number of hydrogen-bond acceptors (Lipinski definition) is 4. The first-order chi connectivity index (χ1) is 9.45. The number of halogens is 3. The van der Waals surface area contributed by atoms with Gasteiger partial charge < -0.3 is 5.73 Å². The van der Waals surface area contributed by atoms with Crippen molar-refractivity contribution >= 4 is 11.3 Å². The Balaban J connectivity index is 2.19. The third-order valence-electron chi connectivity index (χ3n) is 2.71. The van der Waals surface area contributed by atoms with Crippen LogP contribution in [0.4, 0.5) is 18.9 Å². The Labute approximate surface area is 110 Å². The molecule has 0 amide bonds. The maximum absolute atomic E-state index is 12.7. The molecule has 3 heterocycles. The fourth-order valence-electron chi connectivity index (χ4n) is 1.78. The van der Waals surface area contributed by atoms with Crippen molar-refractivity contribution < 1.29 is 13.2 Å². The minimum absolute atomic E-state index is 0.0811. The van der Waals surface area contributed by atoms with Crippen molar-refractivity contribution in [2.75, 3.05) is 5.73 Å². The second-order valence-corrected chi connectivity index (χ2v) is 4.13. The molecule has 0 saturated heterocycles. The van der Waals surface area contributed by atoms with Crippen molar-refractivity contribution in [2.45, 2.75) is 6.18 Å². The highest BCUT2D eigenvalue weighted by Gasteiger charge is 2.32. The Hall–Kier alpha value is -2.64. The van der Waals surface area contributed by atoms with Gasteiger partial charge in [-0.2, -0.15) is 13.2 Å². The molecule has 0 saturated carbocycles. The molecular weight excluding hydrogens is 271 g/mol. The maximum atomic E-state index is 12.7. The molecule has 0 aliphatic heterocycles. The third kappa shape index (κ3) is 2.04. The number of alkyl halides is 3. The number of pyridine rings is 2. The van der Waals surface area contributed by atoms with Crippen molar-refractivity contribution in [2.24, 2.45) is 0 Å². The molecule has 3 aromatic rings. The smallest absolute Gasteiger partial charge is 0.396 e. The molecule has 3 rings (SSSR count). The number of fused-ring (bicyclic) bond motifs is 1. The number of anilines is 1. The Morgan fingerprint density at radius 3 is 2.70 bits per heavy atom. The highest BCUT2D eigenvalue weighted by molar-refractivity contribution is 5.68. The average molecular weight is 279 g/mol. The lowest BCUT2D eigenvalue weighted by molar-refractivity contribution is -0.137. The molecule has 5 nitrogen and oxygen atoms in total. The summed E-state index contributed by atoms with van der Waals surface area (Å²) in [5.74, 6) is 0.268. The fourth-order valence-corrected chi connectivity index (χ4v) is 1.78. The zero-order valence-corrected chi connectivity index (χ0v) is 9.96. The molecule has 0 spiro atoms. The molecule has 102 valence electrons. The molecule has 2 N–H and O–H groups in total. The SMILES string of the molecule is Nc1cc(C(F)(F)F)cn2nc(-c3cccnc3)nc12. The number of nitrogens with two attached hydrogens (primary N) is 1. The lowest BCUT2D eigenvalue weighted by Crippen LogP contribution is -2.08. The summed E-state index contributed by atoms with van der Waals surface area (Å²) in [5, 5.41) is 4.00. The zero-order chi connectivity index (χ0) is 14.3. The molecule has 0 aromatic carbocycles. The Kier molecular flexibility index (Phi) is 2.60. The van der Waals surface area contributed by atoms with Crippen molar-refractivity contribution in [1.29, 1.82) is 0 Å². The molecule has 8 heteroatoms. The van der Waals surface area contributed by atoms with Crippen LogP contribution < -0.4 is 5.73 Å². The summed E-state index contributed by atoms with van der Waals surface area (Å²) < 4.78 is 39.1. The lowest BCUT2D eigenvalue weighted by atomic mass is 10.2. The van der Waals surface area contributed by atoms with E-state index in [1.54, 1.807) is 18.3 Å². The summed E-state index contributed by atoms with van der Waals surface area (Å²) in [5.41, 5.74) is 5.43. The minimum atomic E-state index is -4.48. The minimum Gasteiger partial charge on any atom is -0.396 e. The summed E-state index contributed by atoms with van der Waals surface area (Å²) >= 11 is 0. The van der Waals surface area contributed by atoms with E-state index >= 15 is 0 Å². The third-order valence-corrected chi connectivity index (χ3v) is 2.71. The second-order valence-electron chi connectivity index (χ2n) is 4.13. The number of hydrogen-bond donors (Lipinski definition) is 1. The van der Waals surface area contributed by atoms with Gasteiger partial charge in [0.15, 0.2) is 11.5 Å². The van der Waals surface area contributed by atoms with E-state index in [0.29, 0.717) is 5.56 Å². The van der Waals surface area contributed by atoms with Crippen LogP contribution in [0.2, 0.25) is 0 Å². The standard InChI is InChI=1S/C12H8F3N5/c13-12(14,15)8-4-9(16)11-18-10(19-20(11)6-8)7-2-1-3-17-5-7/h1-6H,16H2. The van der Waals surface area contributed by atoms with Gasteiger partial charge in [0.1, 0.15) is 0 Å². The summed E-state index contributed by atoms with van der Waals surface area (Å²) in [4.78, 5) is 8.04. The lowest BCUT2D eigenvalue weighted by Gasteiger charge is -2.07. The Morgan fingerprint density at radius 1 is 1.25 bits per heavy atom. The van der Waals surface area contributed by atoms with Gasteiger partial charge in [-0.15, -0.1) is 5.10 Å². The topological polar surface area (TPSA) is 69.1 Å². The van der Waals surface area contributed by atoms with Crippen LogP contribution in [0, 0.1) is 0 Å². The average Bonchev–Trinajstić information content (AvgIpc) is 2.83. The van der Waals surface area contributed by atoms with Crippen molar-refractivity contribution in [1.82, 2.24) is 19.6 Å². The van der Waals surface area contributed by atoms with E-state index in [1.807, 2.05) is 0 Å². The van der Waals surface area contributed by atoms with Gasteiger partial charge in [-0.05, 0) is 18.2 Å². The van der Waals surface area contributed by atoms with Crippen LogP contribution in [0.3, 0.4) is 0 Å². The van der Waals surface area contributed by atoms with Gasteiger partial charge in [-0.25, -0.2) is 9.50 Å². The molecule has 0 fully saturated rings. The van der Waals surface area contributed by atoms with Gasteiger partial charge in [-0.3, -0.25) is 4.98 Å². The van der Waals surface area contributed by atoms with Gasteiger partial charge >= 0.3 is 6.18 Å². The Morgan fingerprint density at radius 2 is 2.05 bits per heavy atom. The first-order valence-corrected chi connectivity index (χ1v) is 5.58. The normalized spacial score (nSPS) is 11.9. The van der Waals surface area contributed by atoms with Crippen LogP contribution in [0.15, 0.2) is 36.8 Å². The molecule has 0 bridgehead atoms. The van der Waals surface area contributed by atoms with Gasteiger partial charge in [0.2, 0.25) is 0 Å². The van der Waals surface area contributed by atoms with E-state index in [9.17, 15) is 13.2 Å². The molecule has 0 radical (unpaired) electrons. The number of aromatic nitrogens is 4. The number of nitrogens with zero attached hydrogens (tertiary/aromatic N) is 4. The van der Waals surface area contributed by atoms with Gasteiger partial charge in [-0.1, -0.05) is 0 Å². The van der Waals surface area contributed by atoms with Crippen LogP contribution in [-0.4, -0.2) is 19.6 Å². The predicted molar refractivity (Wildman–Crippen MR) is 65.6 cm³/mol. The summed E-state index contributed by atoms with van der Waals surface area (Å²) in [7, 11) is 0. The molecule has 20 heavy (non-hydrogen) atoms. The van der Waals surface area contributed by atoms with Gasteiger partial charge in [0.25, 0.3) is 0 Å². The highest BCUT2D eigenvalue weighted by atomic mass is 19.4. The fraction of sp³-hybridized carbons (Fsp3) is 0.0833. The van der Waals surface area contributed by atoms with Crippen LogP contribution in [-0.2, 0) is 6.18 Å². The summed E-state index contributed by atoms with van der Waals surface area (Å²) in [6, 6.07) is 4.24. The molecule has 0 atom stereocenters. The zero-order valence-electron chi connectivity index (χ0n) is 9.96. The Bertz CT molecular complexity index is 764. The number of rotatable bonds is 1. The summed E-state index contributed by atoms with van der Waals surface area (Å²) in [6.07, 6.45) is -0.521. The van der Waals surface area contributed by atoms with Gasteiger partial charge in [0.05, 0.1) is 11.3 Å². The molecule has 3 aromatic heterocycles. The predicted octanol–water partition coefficient (Wildman–Crippen LogP) is 2.39. The van der Waals surface area contributed by atoms with Crippen LogP contribution in [0.5, 0.6) is 0 Å². The van der Waals surface area contributed by atoms with E-state index in [4.69, 9.17) is 5.73 Å². The molecule has 0 aliphatic rings. The van der Waals surface area contributed by atoms with Crippen molar-refractivity contribution in [3.05, 3.63) is 42.4 Å². The van der Waals surface area contributed by atoms with E-state index in [-0.39, 0.29) is 17.2 Å². The largest absolute Gasteiger partial charge is 0.417 e. The monoisotopic (exact) mass is 279 g/mol. The van der Waals surface area contributed by atoms with Gasteiger partial charge in [0, 0.05) is 24.2 Å². The van der Waals surface area contributed by atoms with Crippen molar-refractivity contribution in [3.8, 4) is 11.4 Å². The first kappa shape index (κ1) is 12.4. The van der Waals surface area contributed by atoms with E-state index in [0.717, 1.165) is 16.8 Å². The molecule has 0 unspecified atom stereocenters. The molecule has 0 aliphatic carbocycles. The number of nitrogen functional groups attached to an aromatic ring is 1. The maximum Gasteiger partial charge on any atom is 0.417 e. The second kappa shape index (κ2) is 4.19. The molecular formula is C12H8F3N5. The van der Waals surface area contributed by atoms with Crippen molar-refractivity contribution in [3.63, 3.8) is 0 Å². The van der Waals surface area contributed by atoms with E-state index in [2.05, 4.69) is 15.1 Å². The summed E-state index contributed by atoms with van der Waals surface area (Å²) in [6.45, 7) is 0.